The predicted octanol–water partition coefficient (Wildman–Crippen LogP) is 4.22. The number of aryl methyl sites for hydroxylation is 1. The second-order valence-corrected chi connectivity index (χ2v) is 6.31. The van der Waals surface area contributed by atoms with Gasteiger partial charge < -0.3 is 10.6 Å². The van der Waals surface area contributed by atoms with Gasteiger partial charge in [-0.2, -0.15) is 0 Å². The van der Waals surface area contributed by atoms with Gasteiger partial charge in [0.05, 0.1) is 6.04 Å². The Kier molecular flexibility index (Phi) is 4.39. The molecule has 0 aliphatic carbocycles. The first-order valence-corrected chi connectivity index (χ1v) is 8.00. The van der Waals surface area contributed by atoms with E-state index < -0.39 is 0 Å². The summed E-state index contributed by atoms with van der Waals surface area (Å²) in [7, 11) is 0. The fourth-order valence-corrected chi connectivity index (χ4v) is 3.13. The second-order valence-electron chi connectivity index (χ2n) is 5.87. The topological polar surface area (TPSA) is 46.3 Å². The first-order valence-electron chi connectivity index (χ1n) is 7.62. The third-order valence-corrected chi connectivity index (χ3v) is 4.51. The van der Waals surface area contributed by atoms with Gasteiger partial charge in [-0.1, -0.05) is 47.5 Å². The number of amides is 1. The van der Waals surface area contributed by atoms with Gasteiger partial charge in [0.25, 0.3) is 0 Å². The van der Waals surface area contributed by atoms with Crippen LogP contribution in [0.3, 0.4) is 0 Å². The van der Waals surface area contributed by atoms with E-state index in [2.05, 4.69) is 37.3 Å². The normalized spacial score (nSPS) is 17.7. The number of rotatable bonds is 3. The molecule has 1 amide bonds. The zero-order chi connectivity index (χ0) is 16.4. The first kappa shape index (κ1) is 15.6. The van der Waals surface area contributed by atoms with E-state index in [1.165, 1.54) is 5.56 Å². The van der Waals surface area contributed by atoms with Crippen LogP contribution in [0.25, 0.3) is 5.57 Å². The lowest BCUT2D eigenvalue weighted by Gasteiger charge is -2.32. The molecule has 3 rings (SSSR count). The number of carbonyl (C=O) groups is 1. The predicted molar refractivity (Wildman–Crippen MR) is 95.1 cm³/mol. The third kappa shape index (κ3) is 3.25. The highest BCUT2D eigenvalue weighted by Gasteiger charge is 2.23. The van der Waals surface area contributed by atoms with E-state index in [-0.39, 0.29) is 6.04 Å². The van der Waals surface area contributed by atoms with Crippen LogP contribution in [-0.4, -0.2) is 17.9 Å². The Bertz CT molecular complexity index is 752. The lowest BCUT2D eigenvalue weighted by molar-refractivity contribution is -0.119. The van der Waals surface area contributed by atoms with E-state index in [0.29, 0.717) is 17.3 Å². The van der Waals surface area contributed by atoms with Gasteiger partial charge in [0, 0.05) is 22.8 Å². The minimum atomic E-state index is -0.0739. The maximum Gasteiger partial charge on any atom is 0.210 e. The molecule has 1 atom stereocenters. The highest BCUT2D eigenvalue weighted by molar-refractivity contribution is 6.30. The van der Waals surface area contributed by atoms with Crippen LogP contribution in [0.1, 0.15) is 29.2 Å². The van der Waals surface area contributed by atoms with Gasteiger partial charge in [-0.15, -0.1) is 0 Å². The Labute approximate surface area is 141 Å². The SMILES string of the molecule is Cc1ccc(C2C=C(c3cc(Cl)ccc3N)CCN2C=O)cc1. The molecule has 4 heteroatoms. The van der Waals surface area contributed by atoms with Crippen molar-refractivity contribution in [1.82, 2.24) is 4.90 Å². The second kappa shape index (κ2) is 6.47. The largest absolute Gasteiger partial charge is 0.398 e. The molecule has 0 aromatic heterocycles. The zero-order valence-corrected chi connectivity index (χ0v) is 13.8. The van der Waals surface area contributed by atoms with Crippen LogP contribution in [0.4, 0.5) is 5.69 Å². The quantitative estimate of drug-likeness (QED) is 0.678. The lowest BCUT2D eigenvalue weighted by atomic mass is 9.91. The van der Waals surface area contributed by atoms with Gasteiger partial charge in [0.2, 0.25) is 6.41 Å². The summed E-state index contributed by atoms with van der Waals surface area (Å²) in [6.07, 6.45) is 3.80. The van der Waals surface area contributed by atoms with Gasteiger partial charge in [-0.05, 0) is 42.7 Å². The first-order chi connectivity index (χ1) is 11.1. The summed E-state index contributed by atoms with van der Waals surface area (Å²) in [4.78, 5) is 13.2. The number of benzene rings is 2. The van der Waals surface area contributed by atoms with E-state index in [1.54, 1.807) is 6.07 Å². The summed E-state index contributed by atoms with van der Waals surface area (Å²) in [6, 6.07) is 13.7. The molecule has 0 bridgehead atoms. The van der Waals surface area contributed by atoms with Gasteiger partial charge in [-0.3, -0.25) is 4.79 Å². The molecule has 2 N–H and O–H groups in total. The number of anilines is 1. The Hall–Kier alpha value is -2.26. The Balaban J connectivity index is 2.03. The van der Waals surface area contributed by atoms with Crippen LogP contribution in [0.5, 0.6) is 0 Å². The van der Waals surface area contributed by atoms with E-state index in [1.807, 2.05) is 17.0 Å². The summed E-state index contributed by atoms with van der Waals surface area (Å²) in [6.45, 7) is 2.72. The smallest absolute Gasteiger partial charge is 0.210 e. The fraction of sp³-hybridized carbons (Fsp3) is 0.211. The number of hydrogen-bond acceptors (Lipinski definition) is 2. The van der Waals surface area contributed by atoms with E-state index >= 15 is 0 Å². The van der Waals surface area contributed by atoms with Crippen molar-refractivity contribution in [2.75, 3.05) is 12.3 Å². The van der Waals surface area contributed by atoms with Gasteiger partial charge in [0.1, 0.15) is 0 Å². The van der Waals surface area contributed by atoms with Crippen molar-refractivity contribution >= 4 is 29.3 Å². The van der Waals surface area contributed by atoms with Crippen LogP contribution in [0, 0.1) is 6.92 Å². The zero-order valence-electron chi connectivity index (χ0n) is 13.0. The summed E-state index contributed by atoms with van der Waals surface area (Å²) >= 11 is 6.11. The molecule has 118 valence electrons. The molecular formula is C19H19ClN2O. The molecule has 2 aromatic carbocycles. The van der Waals surface area contributed by atoms with Crippen molar-refractivity contribution in [3.63, 3.8) is 0 Å². The van der Waals surface area contributed by atoms with E-state index in [4.69, 9.17) is 17.3 Å². The molecule has 1 heterocycles. The Morgan fingerprint density at radius 3 is 2.65 bits per heavy atom. The molecule has 0 fully saturated rings. The summed E-state index contributed by atoms with van der Waals surface area (Å²) in [5.74, 6) is 0. The van der Waals surface area contributed by atoms with Crippen molar-refractivity contribution in [1.29, 1.82) is 0 Å². The number of nitrogens with zero attached hydrogens (tertiary/aromatic N) is 1. The maximum absolute atomic E-state index is 11.4. The number of halogens is 1. The van der Waals surface area contributed by atoms with Crippen molar-refractivity contribution < 1.29 is 4.79 Å². The van der Waals surface area contributed by atoms with Crippen LogP contribution in [0.15, 0.2) is 48.5 Å². The van der Waals surface area contributed by atoms with Crippen molar-refractivity contribution in [3.8, 4) is 0 Å². The Morgan fingerprint density at radius 2 is 1.96 bits per heavy atom. The molecular weight excluding hydrogens is 308 g/mol. The number of nitrogens with two attached hydrogens (primary N) is 1. The van der Waals surface area contributed by atoms with Crippen molar-refractivity contribution in [3.05, 3.63) is 70.3 Å². The van der Waals surface area contributed by atoms with E-state index in [0.717, 1.165) is 29.5 Å². The molecule has 1 aliphatic heterocycles. The van der Waals surface area contributed by atoms with Gasteiger partial charge in [-0.25, -0.2) is 0 Å². The van der Waals surface area contributed by atoms with Crippen LogP contribution >= 0.6 is 11.6 Å². The number of nitrogen functional groups attached to an aromatic ring is 1. The molecule has 0 spiro atoms. The van der Waals surface area contributed by atoms with Crippen LogP contribution in [0.2, 0.25) is 5.02 Å². The third-order valence-electron chi connectivity index (χ3n) is 4.27. The van der Waals surface area contributed by atoms with Gasteiger partial charge >= 0.3 is 0 Å². The number of carbonyl (C=O) groups excluding carboxylic acids is 1. The lowest BCUT2D eigenvalue weighted by Crippen LogP contribution is -2.30. The van der Waals surface area contributed by atoms with Crippen LogP contribution < -0.4 is 5.73 Å². The Morgan fingerprint density at radius 1 is 1.22 bits per heavy atom. The molecule has 1 aliphatic rings. The molecule has 2 aromatic rings. The standard InChI is InChI=1S/C19H19ClN2O/c1-13-2-4-14(5-3-13)19-10-15(8-9-22(19)12-23)17-11-16(20)6-7-18(17)21/h2-7,10-12,19H,8-9,21H2,1H3. The molecule has 23 heavy (non-hydrogen) atoms. The number of hydrogen-bond donors (Lipinski definition) is 1. The minimum absolute atomic E-state index is 0.0739. The maximum atomic E-state index is 11.4. The molecule has 0 radical (unpaired) electrons. The summed E-state index contributed by atoms with van der Waals surface area (Å²) in [5, 5.41) is 0.666. The van der Waals surface area contributed by atoms with Gasteiger partial charge in [0.15, 0.2) is 0 Å². The highest BCUT2D eigenvalue weighted by atomic mass is 35.5. The molecule has 1 unspecified atom stereocenters. The summed E-state index contributed by atoms with van der Waals surface area (Å²) < 4.78 is 0. The summed E-state index contributed by atoms with van der Waals surface area (Å²) in [5.41, 5.74) is 11.2. The van der Waals surface area contributed by atoms with Crippen molar-refractivity contribution in [2.24, 2.45) is 0 Å². The highest BCUT2D eigenvalue weighted by Crippen LogP contribution is 2.35. The fourth-order valence-electron chi connectivity index (χ4n) is 2.96. The monoisotopic (exact) mass is 326 g/mol. The average Bonchev–Trinajstić information content (AvgIpc) is 2.57. The van der Waals surface area contributed by atoms with Crippen LogP contribution in [-0.2, 0) is 4.79 Å². The van der Waals surface area contributed by atoms with Crippen molar-refractivity contribution in [2.45, 2.75) is 19.4 Å². The average molecular weight is 327 g/mol. The molecule has 0 saturated carbocycles. The molecule has 3 nitrogen and oxygen atoms in total. The minimum Gasteiger partial charge on any atom is -0.398 e. The van der Waals surface area contributed by atoms with E-state index in [9.17, 15) is 4.79 Å². The molecule has 0 saturated heterocycles.